The number of hydrogen-bond donors (Lipinski definition) is 1. The highest BCUT2D eigenvalue weighted by Crippen LogP contribution is 2.30. The van der Waals surface area contributed by atoms with Crippen molar-refractivity contribution in [2.24, 2.45) is 0 Å². The van der Waals surface area contributed by atoms with E-state index in [2.05, 4.69) is 4.98 Å². The lowest BCUT2D eigenvalue weighted by atomic mass is 10.0. The Hall–Kier alpha value is -3.28. The molecule has 0 unspecified atom stereocenters. The number of ether oxygens (including phenoxy) is 1. The molecule has 5 rings (SSSR count). The molecule has 0 atom stereocenters. The van der Waals surface area contributed by atoms with Crippen molar-refractivity contribution < 1.29 is 13.9 Å². The molecule has 2 aromatic carbocycles. The molecule has 5 nitrogen and oxygen atoms in total. The molecule has 28 heavy (non-hydrogen) atoms. The fraction of sp³-hybridized carbons (Fsp3) is 0.227. The number of carbonyl (C=O) groups excluding carboxylic acids is 1. The number of nitrogens with one attached hydrogen (secondary N) is 1. The Morgan fingerprint density at radius 1 is 1.21 bits per heavy atom. The van der Waals surface area contributed by atoms with Crippen molar-refractivity contribution in [2.45, 2.75) is 19.5 Å². The van der Waals surface area contributed by atoms with E-state index in [1.54, 1.807) is 13.2 Å². The molecule has 0 saturated heterocycles. The first-order chi connectivity index (χ1) is 13.6. The van der Waals surface area contributed by atoms with Crippen molar-refractivity contribution in [1.29, 1.82) is 0 Å². The number of amides is 1. The molecule has 0 saturated carbocycles. The van der Waals surface area contributed by atoms with Gasteiger partial charge in [0.25, 0.3) is 0 Å². The molecule has 6 heteroatoms. The van der Waals surface area contributed by atoms with Gasteiger partial charge in [-0.2, -0.15) is 0 Å². The normalized spacial score (nSPS) is 13.9. The second kappa shape index (κ2) is 6.41. The lowest BCUT2D eigenvalue weighted by molar-refractivity contribution is -0.132. The topological polar surface area (TPSA) is 50.3 Å². The summed E-state index contributed by atoms with van der Waals surface area (Å²) in [5.41, 5.74) is 4.13. The highest BCUT2D eigenvalue weighted by atomic mass is 19.1. The van der Waals surface area contributed by atoms with Gasteiger partial charge in [0.15, 0.2) is 0 Å². The summed E-state index contributed by atoms with van der Waals surface area (Å²) in [5.74, 6) is 0.540. The second-order valence-electron chi connectivity index (χ2n) is 7.21. The third-order valence-corrected chi connectivity index (χ3v) is 5.58. The van der Waals surface area contributed by atoms with Crippen molar-refractivity contribution in [2.75, 3.05) is 13.7 Å². The van der Waals surface area contributed by atoms with E-state index in [-0.39, 0.29) is 18.3 Å². The van der Waals surface area contributed by atoms with Gasteiger partial charge in [0.2, 0.25) is 5.91 Å². The van der Waals surface area contributed by atoms with Crippen LogP contribution in [-0.2, 0) is 24.3 Å². The largest absolute Gasteiger partial charge is 0.497 e. The fourth-order valence-corrected chi connectivity index (χ4v) is 4.07. The first-order valence-corrected chi connectivity index (χ1v) is 9.32. The van der Waals surface area contributed by atoms with Crippen LogP contribution in [0.15, 0.2) is 48.7 Å². The maximum absolute atomic E-state index is 13.6. The number of nitrogens with zero attached hydrogens (tertiary/aromatic N) is 2. The van der Waals surface area contributed by atoms with E-state index >= 15 is 0 Å². The highest BCUT2D eigenvalue weighted by Gasteiger charge is 2.24. The third kappa shape index (κ3) is 2.72. The zero-order valence-electron chi connectivity index (χ0n) is 15.5. The molecule has 1 amide bonds. The Kier molecular flexibility index (Phi) is 3.86. The maximum Gasteiger partial charge on any atom is 0.242 e. The third-order valence-electron chi connectivity index (χ3n) is 5.58. The summed E-state index contributed by atoms with van der Waals surface area (Å²) >= 11 is 0. The van der Waals surface area contributed by atoms with E-state index in [0.717, 1.165) is 39.5 Å². The smallest absolute Gasteiger partial charge is 0.242 e. The number of methoxy groups -OCH3 is 1. The van der Waals surface area contributed by atoms with Gasteiger partial charge in [0, 0.05) is 47.9 Å². The van der Waals surface area contributed by atoms with Crippen LogP contribution in [0.2, 0.25) is 0 Å². The molecule has 2 aromatic heterocycles. The van der Waals surface area contributed by atoms with Crippen LogP contribution in [0.4, 0.5) is 4.39 Å². The van der Waals surface area contributed by atoms with Crippen LogP contribution >= 0.6 is 0 Å². The van der Waals surface area contributed by atoms with Crippen LogP contribution in [0.25, 0.3) is 21.8 Å². The van der Waals surface area contributed by atoms with Gasteiger partial charge in [-0.25, -0.2) is 4.39 Å². The van der Waals surface area contributed by atoms with Gasteiger partial charge in [-0.05, 0) is 47.9 Å². The molecule has 1 N–H and O–H groups in total. The molecule has 0 fully saturated rings. The van der Waals surface area contributed by atoms with Crippen LogP contribution in [0.1, 0.15) is 11.3 Å². The summed E-state index contributed by atoms with van der Waals surface area (Å²) in [7, 11) is 1.65. The van der Waals surface area contributed by atoms with Crippen molar-refractivity contribution in [3.8, 4) is 5.75 Å². The Labute approximate surface area is 161 Å². The van der Waals surface area contributed by atoms with Crippen LogP contribution in [0.5, 0.6) is 5.75 Å². The standard InChI is InChI=1S/C22H20FN3O2/c1-28-16-4-5-19-17(11-16)18-12-26(9-7-20(18)24-19)22(27)13-25-8-6-14-2-3-15(23)10-21(14)25/h2-6,8,10-11,24H,7,9,12-13H2,1H3. The van der Waals surface area contributed by atoms with Gasteiger partial charge in [-0.15, -0.1) is 0 Å². The number of benzene rings is 2. The minimum absolute atomic E-state index is 0.0321. The molecule has 0 radical (unpaired) electrons. The summed E-state index contributed by atoms with van der Waals surface area (Å²) in [6.45, 7) is 1.44. The van der Waals surface area contributed by atoms with Crippen LogP contribution in [0, 0.1) is 5.82 Å². The van der Waals surface area contributed by atoms with Gasteiger partial charge in [0.1, 0.15) is 18.1 Å². The molecular formula is C22H20FN3O2. The molecular weight excluding hydrogens is 357 g/mol. The minimum atomic E-state index is -0.296. The first kappa shape index (κ1) is 16.9. The molecule has 0 bridgehead atoms. The van der Waals surface area contributed by atoms with Crippen molar-refractivity contribution in [3.05, 3.63) is 65.7 Å². The summed E-state index contributed by atoms with van der Waals surface area (Å²) in [6, 6.07) is 12.5. The zero-order valence-corrected chi connectivity index (χ0v) is 15.5. The quantitative estimate of drug-likeness (QED) is 0.590. The van der Waals surface area contributed by atoms with Crippen LogP contribution in [-0.4, -0.2) is 34.0 Å². The van der Waals surface area contributed by atoms with Crippen molar-refractivity contribution >= 4 is 27.7 Å². The first-order valence-electron chi connectivity index (χ1n) is 9.32. The molecule has 4 aromatic rings. The number of halogens is 1. The maximum atomic E-state index is 13.6. The van der Waals surface area contributed by atoms with E-state index in [4.69, 9.17) is 4.74 Å². The van der Waals surface area contributed by atoms with Crippen molar-refractivity contribution in [1.82, 2.24) is 14.5 Å². The summed E-state index contributed by atoms with van der Waals surface area (Å²) in [4.78, 5) is 18.3. The number of rotatable bonds is 3. The summed E-state index contributed by atoms with van der Waals surface area (Å²) < 4.78 is 20.8. The van der Waals surface area contributed by atoms with E-state index in [1.165, 1.54) is 17.8 Å². The molecule has 1 aliphatic heterocycles. The Bertz CT molecular complexity index is 1210. The Morgan fingerprint density at radius 3 is 2.96 bits per heavy atom. The van der Waals surface area contributed by atoms with Gasteiger partial charge in [-0.3, -0.25) is 4.79 Å². The second-order valence-corrected chi connectivity index (χ2v) is 7.21. The highest BCUT2D eigenvalue weighted by molar-refractivity contribution is 5.88. The number of H-pyrrole nitrogens is 1. The van der Waals surface area contributed by atoms with Crippen molar-refractivity contribution in [3.63, 3.8) is 0 Å². The number of aromatic amines is 1. The van der Waals surface area contributed by atoms with E-state index in [1.807, 2.05) is 39.9 Å². The van der Waals surface area contributed by atoms with E-state index in [0.29, 0.717) is 13.1 Å². The minimum Gasteiger partial charge on any atom is -0.497 e. The van der Waals surface area contributed by atoms with Crippen LogP contribution < -0.4 is 4.74 Å². The summed E-state index contributed by atoms with van der Waals surface area (Å²) in [6.07, 6.45) is 2.63. The van der Waals surface area contributed by atoms with Gasteiger partial charge >= 0.3 is 0 Å². The number of fused-ring (bicyclic) bond motifs is 4. The Morgan fingerprint density at radius 2 is 2.11 bits per heavy atom. The monoisotopic (exact) mass is 377 g/mol. The number of carbonyl (C=O) groups is 1. The molecule has 0 spiro atoms. The number of hydrogen-bond acceptors (Lipinski definition) is 2. The molecule has 1 aliphatic rings. The molecule has 0 aliphatic carbocycles. The zero-order chi connectivity index (χ0) is 19.3. The summed E-state index contributed by atoms with van der Waals surface area (Å²) in [5, 5.41) is 2.03. The van der Waals surface area contributed by atoms with E-state index in [9.17, 15) is 9.18 Å². The fourth-order valence-electron chi connectivity index (χ4n) is 4.07. The van der Waals surface area contributed by atoms with Crippen LogP contribution in [0.3, 0.4) is 0 Å². The van der Waals surface area contributed by atoms with Gasteiger partial charge in [0.05, 0.1) is 12.6 Å². The Balaban J connectivity index is 1.42. The molecule has 3 heterocycles. The SMILES string of the molecule is COc1ccc2[nH]c3c(c2c1)CN(C(=O)Cn1ccc2ccc(F)cc21)CC3. The average molecular weight is 377 g/mol. The predicted octanol–water partition coefficient (Wildman–Crippen LogP) is 3.86. The van der Waals surface area contributed by atoms with Gasteiger partial charge < -0.3 is 19.2 Å². The number of aromatic nitrogens is 2. The lowest BCUT2D eigenvalue weighted by Crippen LogP contribution is -2.37. The lowest BCUT2D eigenvalue weighted by Gasteiger charge is -2.27. The van der Waals surface area contributed by atoms with E-state index < -0.39 is 0 Å². The predicted molar refractivity (Wildman–Crippen MR) is 106 cm³/mol. The van der Waals surface area contributed by atoms with Gasteiger partial charge in [-0.1, -0.05) is 0 Å². The molecule has 142 valence electrons. The average Bonchev–Trinajstić information content (AvgIpc) is 3.27.